The highest BCUT2D eigenvalue weighted by Crippen LogP contribution is 2.31. The Morgan fingerprint density at radius 2 is 1.60 bits per heavy atom. The van der Waals surface area contributed by atoms with Crippen molar-refractivity contribution in [2.45, 2.75) is 53.0 Å². The van der Waals surface area contributed by atoms with Crippen LogP contribution in [0.2, 0.25) is 0 Å². The molecule has 3 aromatic rings. The Kier molecular flexibility index (Phi) is 4.59. The molecule has 0 aliphatic carbocycles. The van der Waals surface area contributed by atoms with E-state index in [1.54, 1.807) is 0 Å². The predicted octanol–water partition coefficient (Wildman–Crippen LogP) is 5.55. The van der Waals surface area contributed by atoms with Crippen LogP contribution in [0.15, 0.2) is 54.7 Å². The summed E-state index contributed by atoms with van der Waals surface area (Å²) in [5, 5.41) is 3.79. The lowest BCUT2D eigenvalue weighted by molar-refractivity contribution is 0.302. The molecule has 2 heterocycles. The van der Waals surface area contributed by atoms with Crippen molar-refractivity contribution >= 4 is 11.5 Å². The maximum absolute atomic E-state index is 4.89. The highest BCUT2D eigenvalue weighted by atomic mass is 15.2. The van der Waals surface area contributed by atoms with E-state index < -0.39 is 0 Å². The molecule has 0 unspecified atom stereocenters. The van der Waals surface area contributed by atoms with Crippen LogP contribution < -0.4 is 5.32 Å². The first-order chi connectivity index (χ1) is 11.7. The number of nitrogens with zero attached hydrogens (tertiary/aromatic N) is 2. The number of nitrogens with one attached hydrogen (secondary N) is 1. The summed E-state index contributed by atoms with van der Waals surface area (Å²) in [6, 6.07) is 16.7. The van der Waals surface area contributed by atoms with Crippen molar-refractivity contribution in [1.29, 1.82) is 0 Å². The molecule has 0 bridgehead atoms. The largest absolute Gasteiger partial charge is 0.365 e. The second kappa shape index (κ2) is 6.55. The van der Waals surface area contributed by atoms with Gasteiger partial charge in [-0.2, -0.15) is 0 Å². The number of rotatable bonds is 5. The van der Waals surface area contributed by atoms with Crippen molar-refractivity contribution in [2.75, 3.05) is 5.32 Å². The molecule has 1 aromatic carbocycles. The van der Waals surface area contributed by atoms with Gasteiger partial charge in [0.2, 0.25) is 0 Å². The van der Waals surface area contributed by atoms with Crippen molar-refractivity contribution in [1.82, 2.24) is 9.38 Å². The zero-order valence-electron chi connectivity index (χ0n) is 16.0. The fraction of sp³-hybridized carbons (Fsp3) is 0.409. The SMILES string of the molecule is CC(C)(C)CC(C)(C)Nc1c(Cc2ccccc2)nc2ccccn12. The van der Waals surface area contributed by atoms with Gasteiger partial charge in [-0.1, -0.05) is 57.2 Å². The van der Waals surface area contributed by atoms with E-state index in [1.165, 1.54) is 5.56 Å². The van der Waals surface area contributed by atoms with Gasteiger partial charge >= 0.3 is 0 Å². The summed E-state index contributed by atoms with van der Waals surface area (Å²) in [5.41, 5.74) is 3.61. The minimum Gasteiger partial charge on any atom is -0.365 e. The van der Waals surface area contributed by atoms with Crippen LogP contribution in [-0.4, -0.2) is 14.9 Å². The van der Waals surface area contributed by atoms with Crippen LogP contribution in [0.25, 0.3) is 5.65 Å². The molecule has 3 rings (SSSR count). The summed E-state index contributed by atoms with van der Waals surface area (Å²) in [5.74, 6) is 1.11. The summed E-state index contributed by atoms with van der Waals surface area (Å²) in [4.78, 5) is 4.89. The second-order valence-corrected chi connectivity index (χ2v) is 8.74. The monoisotopic (exact) mass is 335 g/mol. The Hall–Kier alpha value is -2.29. The molecular formula is C22H29N3. The van der Waals surface area contributed by atoms with Gasteiger partial charge in [-0.05, 0) is 43.4 Å². The van der Waals surface area contributed by atoms with E-state index in [2.05, 4.69) is 93.0 Å². The van der Waals surface area contributed by atoms with Gasteiger partial charge in [-0.15, -0.1) is 0 Å². The molecular weight excluding hydrogens is 306 g/mol. The van der Waals surface area contributed by atoms with Crippen molar-refractivity contribution in [3.63, 3.8) is 0 Å². The van der Waals surface area contributed by atoms with Crippen LogP contribution in [-0.2, 0) is 6.42 Å². The normalized spacial score (nSPS) is 12.5. The number of hydrogen-bond acceptors (Lipinski definition) is 2. The number of hydrogen-bond donors (Lipinski definition) is 1. The Bertz CT molecular complexity index is 839. The Labute approximate surface area is 151 Å². The second-order valence-electron chi connectivity index (χ2n) is 8.74. The first-order valence-electron chi connectivity index (χ1n) is 9.02. The van der Waals surface area contributed by atoms with Crippen LogP contribution in [0, 0.1) is 5.41 Å². The summed E-state index contributed by atoms with van der Waals surface area (Å²) in [6.45, 7) is 11.4. The van der Waals surface area contributed by atoms with Gasteiger partial charge in [-0.3, -0.25) is 4.40 Å². The minimum absolute atomic E-state index is 0.0184. The van der Waals surface area contributed by atoms with Gasteiger partial charge in [0, 0.05) is 18.2 Å². The minimum atomic E-state index is -0.0184. The maximum atomic E-state index is 4.89. The molecule has 25 heavy (non-hydrogen) atoms. The summed E-state index contributed by atoms with van der Waals surface area (Å²) < 4.78 is 2.17. The molecule has 0 aliphatic rings. The van der Waals surface area contributed by atoms with Crippen molar-refractivity contribution < 1.29 is 0 Å². The molecule has 3 heteroatoms. The van der Waals surface area contributed by atoms with E-state index in [0.29, 0.717) is 0 Å². The molecule has 0 atom stereocenters. The Morgan fingerprint density at radius 1 is 0.920 bits per heavy atom. The molecule has 0 saturated carbocycles. The molecule has 0 amide bonds. The van der Waals surface area contributed by atoms with Gasteiger partial charge in [0.1, 0.15) is 11.5 Å². The van der Waals surface area contributed by atoms with E-state index in [-0.39, 0.29) is 11.0 Å². The smallest absolute Gasteiger partial charge is 0.138 e. The molecule has 1 N–H and O–H groups in total. The zero-order valence-corrected chi connectivity index (χ0v) is 16.0. The lowest BCUT2D eigenvalue weighted by Crippen LogP contribution is -2.36. The Balaban J connectivity index is 1.99. The fourth-order valence-electron chi connectivity index (χ4n) is 3.78. The summed E-state index contributed by atoms with van der Waals surface area (Å²) >= 11 is 0. The van der Waals surface area contributed by atoms with Crippen LogP contribution in [0.3, 0.4) is 0 Å². The first kappa shape index (κ1) is 17.5. The molecule has 0 fully saturated rings. The predicted molar refractivity (Wildman–Crippen MR) is 106 cm³/mol. The number of imidazole rings is 1. The standard InChI is InChI=1S/C22H29N3/c1-21(2,3)16-22(4,5)24-20-18(15-17-11-7-6-8-12-17)23-19-13-9-10-14-25(19)20/h6-14,24H,15-16H2,1-5H3. The first-order valence-corrected chi connectivity index (χ1v) is 9.02. The van der Waals surface area contributed by atoms with Gasteiger partial charge in [0.15, 0.2) is 0 Å². The van der Waals surface area contributed by atoms with Crippen LogP contribution >= 0.6 is 0 Å². The van der Waals surface area contributed by atoms with Gasteiger partial charge < -0.3 is 5.32 Å². The van der Waals surface area contributed by atoms with Crippen molar-refractivity contribution in [3.05, 3.63) is 66.0 Å². The van der Waals surface area contributed by atoms with Gasteiger partial charge in [-0.25, -0.2) is 4.98 Å². The molecule has 3 nitrogen and oxygen atoms in total. The highest BCUT2D eigenvalue weighted by molar-refractivity contribution is 5.57. The van der Waals surface area contributed by atoms with Crippen LogP contribution in [0.1, 0.15) is 52.3 Å². The van der Waals surface area contributed by atoms with Crippen LogP contribution in [0.5, 0.6) is 0 Å². The third-order valence-electron chi connectivity index (χ3n) is 4.25. The summed E-state index contributed by atoms with van der Waals surface area (Å²) in [6.07, 6.45) is 3.99. The van der Waals surface area contributed by atoms with Crippen molar-refractivity contribution in [2.24, 2.45) is 5.41 Å². The Morgan fingerprint density at radius 3 is 2.28 bits per heavy atom. The molecule has 132 valence electrons. The average Bonchev–Trinajstić information content (AvgIpc) is 2.83. The quantitative estimate of drug-likeness (QED) is 0.662. The van der Waals surface area contributed by atoms with E-state index in [0.717, 1.165) is 30.0 Å². The maximum Gasteiger partial charge on any atom is 0.138 e. The van der Waals surface area contributed by atoms with Gasteiger partial charge in [0.05, 0.1) is 5.69 Å². The van der Waals surface area contributed by atoms with E-state index >= 15 is 0 Å². The number of aromatic nitrogens is 2. The number of pyridine rings is 1. The van der Waals surface area contributed by atoms with Crippen LogP contribution in [0.4, 0.5) is 5.82 Å². The lowest BCUT2D eigenvalue weighted by atomic mass is 9.82. The fourth-order valence-corrected chi connectivity index (χ4v) is 3.78. The topological polar surface area (TPSA) is 29.3 Å². The third kappa shape index (κ3) is 4.41. The lowest BCUT2D eigenvalue weighted by Gasteiger charge is -2.34. The number of anilines is 1. The van der Waals surface area contributed by atoms with E-state index in [1.807, 2.05) is 6.07 Å². The van der Waals surface area contributed by atoms with E-state index in [4.69, 9.17) is 4.98 Å². The van der Waals surface area contributed by atoms with Crippen molar-refractivity contribution in [3.8, 4) is 0 Å². The van der Waals surface area contributed by atoms with Gasteiger partial charge in [0.25, 0.3) is 0 Å². The summed E-state index contributed by atoms with van der Waals surface area (Å²) in [7, 11) is 0. The number of benzene rings is 1. The molecule has 2 aromatic heterocycles. The molecule has 0 aliphatic heterocycles. The highest BCUT2D eigenvalue weighted by Gasteiger charge is 2.27. The third-order valence-corrected chi connectivity index (χ3v) is 4.25. The number of fused-ring (bicyclic) bond motifs is 1. The molecule has 0 radical (unpaired) electrons. The average molecular weight is 335 g/mol. The van der Waals surface area contributed by atoms with E-state index in [9.17, 15) is 0 Å². The zero-order chi connectivity index (χ0) is 18.1. The molecule has 0 spiro atoms. The molecule has 0 saturated heterocycles.